The summed E-state index contributed by atoms with van der Waals surface area (Å²) in [7, 11) is 0. The fraction of sp³-hybridized carbons (Fsp3) is 0.391. The number of aliphatic carboxylic acids is 1. The van der Waals surface area contributed by atoms with Gasteiger partial charge in [0.15, 0.2) is 5.82 Å². The third kappa shape index (κ3) is 4.19. The largest absolute Gasteiger partial charge is 0.481 e. The molecule has 10 heteroatoms. The van der Waals surface area contributed by atoms with E-state index in [1.807, 2.05) is 0 Å². The van der Waals surface area contributed by atoms with E-state index in [1.165, 1.54) is 12.1 Å². The number of carbonyl (C=O) groups is 1. The summed E-state index contributed by atoms with van der Waals surface area (Å²) in [6.07, 6.45) is 3.06. The molecule has 3 aromatic rings. The summed E-state index contributed by atoms with van der Waals surface area (Å²) in [6, 6.07) is 7.81. The maximum Gasteiger partial charge on any atom is 0.314 e. The maximum atomic E-state index is 13.5. The molecule has 0 bridgehead atoms. The van der Waals surface area contributed by atoms with Gasteiger partial charge in [0.1, 0.15) is 11.2 Å². The Morgan fingerprint density at radius 1 is 1.15 bits per heavy atom. The van der Waals surface area contributed by atoms with E-state index in [9.17, 15) is 14.3 Å². The second kappa shape index (κ2) is 8.53. The Balaban J connectivity index is 1.52. The molecule has 2 saturated heterocycles. The number of H-pyrrole nitrogens is 1. The summed E-state index contributed by atoms with van der Waals surface area (Å²) in [4.78, 5) is 30.7. The first-order valence-electron chi connectivity index (χ1n) is 10.8. The average Bonchev–Trinajstić information content (AvgIpc) is 3.51. The van der Waals surface area contributed by atoms with Gasteiger partial charge in [0.2, 0.25) is 12.2 Å². The number of imidazole rings is 1. The first kappa shape index (κ1) is 21.5. The SMILES string of the molecule is CC1(C(=O)O)COC(c2nc(-c3ccc(F)cc3)c(-c3ccnc(N4CCCC4)n3)[nH]2)OC1. The first-order valence-corrected chi connectivity index (χ1v) is 10.8. The molecule has 2 aliphatic heterocycles. The van der Waals surface area contributed by atoms with Gasteiger partial charge in [-0.15, -0.1) is 0 Å². The molecule has 1 aromatic carbocycles. The van der Waals surface area contributed by atoms with E-state index in [1.54, 1.807) is 31.3 Å². The Kier molecular flexibility index (Phi) is 5.55. The van der Waals surface area contributed by atoms with Crippen LogP contribution in [-0.2, 0) is 14.3 Å². The van der Waals surface area contributed by atoms with Gasteiger partial charge in [0, 0.05) is 24.8 Å². The zero-order valence-electron chi connectivity index (χ0n) is 18.1. The van der Waals surface area contributed by atoms with Gasteiger partial charge in [-0.2, -0.15) is 0 Å². The van der Waals surface area contributed by atoms with E-state index in [0.29, 0.717) is 34.4 Å². The number of nitrogens with one attached hydrogen (secondary N) is 1. The van der Waals surface area contributed by atoms with Crippen LogP contribution in [0.1, 0.15) is 31.9 Å². The van der Waals surface area contributed by atoms with Crippen LogP contribution >= 0.6 is 0 Å². The van der Waals surface area contributed by atoms with Crippen LogP contribution in [0.4, 0.5) is 10.3 Å². The molecule has 9 nitrogen and oxygen atoms in total. The van der Waals surface area contributed by atoms with Gasteiger partial charge in [-0.05, 0) is 50.1 Å². The van der Waals surface area contributed by atoms with Crippen molar-refractivity contribution in [3.05, 3.63) is 48.2 Å². The molecule has 2 N–H and O–H groups in total. The second-order valence-corrected chi connectivity index (χ2v) is 8.61. The molecule has 0 aliphatic carbocycles. The maximum absolute atomic E-state index is 13.5. The number of aromatic amines is 1. The van der Waals surface area contributed by atoms with E-state index in [0.717, 1.165) is 25.9 Å². The topological polar surface area (TPSA) is 113 Å². The highest BCUT2D eigenvalue weighted by atomic mass is 19.1. The summed E-state index contributed by atoms with van der Waals surface area (Å²) >= 11 is 0. The van der Waals surface area contributed by atoms with Gasteiger partial charge in [0.05, 0.1) is 30.3 Å². The molecule has 5 rings (SSSR count). The number of benzene rings is 1. The average molecular weight is 453 g/mol. The van der Waals surface area contributed by atoms with Crippen LogP contribution in [0.2, 0.25) is 0 Å². The first-order chi connectivity index (χ1) is 15.9. The minimum atomic E-state index is -1.12. The number of anilines is 1. The summed E-state index contributed by atoms with van der Waals surface area (Å²) < 4.78 is 25.0. The van der Waals surface area contributed by atoms with Crippen LogP contribution in [0.5, 0.6) is 0 Å². The minimum Gasteiger partial charge on any atom is -0.481 e. The van der Waals surface area contributed by atoms with Crippen LogP contribution < -0.4 is 4.90 Å². The number of hydrogen-bond acceptors (Lipinski definition) is 7. The molecular weight excluding hydrogens is 429 g/mol. The van der Waals surface area contributed by atoms with Gasteiger partial charge in [-0.3, -0.25) is 4.79 Å². The quantitative estimate of drug-likeness (QED) is 0.604. The summed E-state index contributed by atoms with van der Waals surface area (Å²) in [6.45, 7) is 3.37. The van der Waals surface area contributed by atoms with Crippen molar-refractivity contribution in [3.8, 4) is 22.6 Å². The van der Waals surface area contributed by atoms with Gasteiger partial charge < -0.3 is 24.5 Å². The van der Waals surface area contributed by atoms with Crippen LogP contribution in [-0.4, -0.2) is 57.3 Å². The Labute approximate surface area is 189 Å². The van der Waals surface area contributed by atoms with Crippen molar-refractivity contribution in [2.45, 2.75) is 26.1 Å². The molecule has 2 aromatic heterocycles. The van der Waals surface area contributed by atoms with E-state index < -0.39 is 17.7 Å². The van der Waals surface area contributed by atoms with Crippen LogP contribution in [0.25, 0.3) is 22.6 Å². The normalized spacial score (nSPS) is 23.1. The molecule has 0 radical (unpaired) electrons. The van der Waals surface area contributed by atoms with Gasteiger partial charge in [0.25, 0.3) is 0 Å². The molecule has 0 spiro atoms. The Morgan fingerprint density at radius 3 is 2.52 bits per heavy atom. The van der Waals surface area contributed by atoms with Crippen LogP contribution in [0.15, 0.2) is 36.5 Å². The molecule has 0 atom stereocenters. The number of carboxylic acids is 1. The van der Waals surface area contributed by atoms with E-state index in [-0.39, 0.29) is 19.0 Å². The lowest BCUT2D eigenvalue weighted by molar-refractivity contribution is -0.236. The number of hydrogen-bond donors (Lipinski definition) is 2. The van der Waals surface area contributed by atoms with Crippen molar-refractivity contribution in [2.24, 2.45) is 5.41 Å². The van der Waals surface area contributed by atoms with Crippen molar-refractivity contribution in [3.63, 3.8) is 0 Å². The standard InChI is InChI=1S/C23H24FN5O4/c1-23(21(30)31)12-32-20(33-13-23)19-27-17(14-4-6-15(24)7-5-14)18(28-19)16-8-9-25-22(26-16)29-10-2-3-11-29/h4-9,20H,2-3,10-13H2,1H3,(H,27,28)(H,30,31). The molecule has 4 heterocycles. The fourth-order valence-electron chi connectivity index (χ4n) is 3.95. The monoisotopic (exact) mass is 453 g/mol. The zero-order chi connectivity index (χ0) is 23.0. The number of halogens is 1. The van der Waals surface area contributed by atoms with E-state index >= 15 is 0 Å². The molecule has 0 unspecified atom stereocenters. The zero-order valence-corrected chi connectivity index (χ0v) is 18.1. The highest BCUT2D eigenvalue weighted by Crippen LogP contribution is 2.35. The predicted molar refractivity (Wildman–Crippen MR) is 117 cm³/mol. The molecular formula is C23H24FN5O4. The molecule has 0 saturated carbocycles. The van der Waals surface area contributed by atoms with Crippen molar-refractivity contribution < 1.29 is 23.8 Å². The lowest BCUT2D eigenvalue weighted by atomic mass is 9.92. The number of aromatic nitrogens is 4. The molecule has 0 amide bonds. The van der Waals surface area contributed by atoms with Gasteiger partial charge in [-0.1, -0.05) is 0 Å². The lowest BCUT2D eigenvalue weighted by Crippen LogP contribution is -2.42. The highest BCUT2D eigenvalue weighted by molar-refractivity contribution is 5.77. The van der Waals surface area contributed by atoms with Crippen LogP contribution in [0, 0.1) is 11.2 Å². The van der Waals surface area contributed by atoms with Gasteiger partial charge in [-0.25, -0.2) is 19.3 Å². The number of carboxylic acid groups (broad SMARTS) is 1. The Morgan fingerprint density at radius 2 is 1.85 bits per heavy atom. The number of ether oxygens (including phenoxy) is 2. The smallest absolute Gasteiger partial charge is 0.314 e. The third-order valence-corrected chi connectivity index (χ3v) is 5.97. The highest BCUT2D eigenvalue weighted by Gasteiger charge is 2.41. The molecule has 33 heavy (non-hydrogen) atoms. The van der Waals surface area contributed by atoms with E-state index in [2.05, 4.69) is 19.9 Å². The van der Waals surface area contributed by atoms with Crippen molar-refractivity contribution >= 4 is 11.9 Å². The summed E-state index contributed by atoms with van der Waals surface area (Å²) in [5, 5.41) is 9.41. The number of rotatable bonds is 5. The molecule has 172 valence electrons. The second-order valence-electron chi connectivity index (χ2n) is 8.61. The van der Waals surface area contributed by atoms with Crippen molar-refractivity contribution in [1.29, 1.82) is 0 Å². The van der Waals surface area contributed by atoms with Crippen molar-refractivity contribution in [2.75, 3.05) is 31.2 Å². The summed E-state index contributed by atoms with van der Waals surface area (Å²) in [5.41, 5.74) is 1.40. The Hall–Kier alpha value is -3.37. The van der Waals surface area contributed by atoms with E-state index in [4.69, 9.17) is 14.5 Å². The summed E-state index contributed by atoms with van der Waals surface area (Å²) in [5.74, 6) is -0.295. The van der Waals surface area contributed by atoms with Crippen molar-refractivity contribution in [1.82, 2.24) is 19.9 Å². The molecule has 2 aliphatic rings. The third-order valence-electron chi connectivity index (χ3n) is 5.97. The predicted octanol–water partition coefficient (Wildman–Crippen LogP) is 3.41. The fourth-order valence-corrected chi connectivity index (χ4v) is 3.95. The minimum absolute atomic E-state index is 0.0124. The van der Waals surface area contributed by atoms with Gasteiger partial charge >= 0.3 is 5.97 Å². The van der Waals surface area contributed by atoms with Crippen LogP contribution in [0.3, 0.4) is 0 Å². The lowest BCUT2D eigenvalue weighted by Gasteiger charge is -2.33. The molecule has 2 fully saturated rings. The Bertz CT molecular complexity index is 1150. The number of nitrogens with zero attached hydrogens (tertiary/aromatic N) is 4.